The van der Waals surface area contributed by atoms with Crippen molar-refractivity contribution in [1.29, 1.82) is 0 Å². The lowest BCUT2D eigenvalue weighted by Crippen LogP contribution is -2.04. The van der Waals surface area contributed by atoms with Gasteiger partial charge >= 0.3 is 0 Å². The molecule has 0 aliphatic heterocycles. The summed E-state index contributed by atoms with van der Waals surface area (Å²) in [4.78, 5) is 7.49. The predicted octanol–water partition coefficient (Wildman–Crippen LogP) is 1.89. The third-order valence-electron chi connectivity index (χ3n) is 2.26. The second kappa shape index (κ2) is 8.16. The van der Waals surface area contributed by atoms with Gasteiger partial charge in [-0.05, 0) is 12.1 Å². The maximum Gasteiger partial charge on any atom is 0.147 e. The lowest BCUT2D eigenvalue weighted by Gasteiger charge is -2.05. The molecule has 0 saturated carbocycles. The van der Waals surface area contributed by atoms with E-state index in [0.29, 0.717) is 19.8 Å². The van der Waals surface area contributed by atoms with E-state index in [9.17, 15) is 0 Å². The fourth-order valence-electron chi connectivity index (χ4n) is 1.50. The van der Waals surface area contributed by atoms with Crippen LogP contribution in [0, 0.1) is 0 Å². The standard InChI is InChI=1S/C11H15N3O2.2ClH/c1-15-5-6-16-9-4-2-3-8-11(9)14-10(7-12)13-8;;/h2-4H,5-7,12H2,1H3,(H,13,14);2*1H. The Morgan fingerprint density at radius 1 is 1.28 bits per heavy atom. The summed E-state index contributed by atoms with van der Waals surface area (Å²) in [5.41, 5.74) is 7.29. The van der Waals surface area contributed by atoms with Crippen LogP contribution < -0.4 is 10.5 Å². The zero-order valence-corrected chi connectivity index (χ0v) is 11.6. The normalized spacial score (nSPS) is 9.67. The molecule has 3 N–H and O–H groups in total. The van der Waals surface area contributed by atoms with Crippen LogP contribution in [0.25, 0.3) is 11.0 Å². The number of nitrogens with one attached hydrogen (secondary N) is 1. The summed E-state index contributed by atoms with van der Waals surface area (Å²) in [6, 6.07) is 5.76. The van der Waals surface area contributed by atoms with Crippen molar-refractivity contribution in [2.75, 3.05) is 20.3 Å². The number of aromatic amines is 1. The highest BCUT2D eigenvalue weighted by Gasteiger charge is 2.06. The Morgan fingerprint density at radius 3 is 2.72 bits per heavy atom. The second-order valence-electron chi connectivity index (χ2n) is 3.38. The first kappa shape index (κ1) is 17.0. The SMILES string of the molecule is COCCOc1cccc2[nH]c(CN)nc12.Cl.Cl. The van der Waals surface area contributed by atoms with E-state index in [4.69, 9.17) is 15.2 Å². The van der Waals surface area contributed by atoms with Crippen LogP contribution in [0.15, 0.2) is 18.2 Å². The minimum atomic E-state index is 0. The molecule has 1 aromatic carbocycles. The molecule has 7 heteroatoms. The average molecular weight is 294 g/mol. The summed E-state index contributed by atoms with van der Waals surface area (Å²) in [6.07, 6.45) is 0. The molecule has 18 heavy (non-hydrogen) atoms. The lowest BCUT2D eigenvalue weighted by atomic mass is 10.3. The lowest BCUT2D eigenvalue weighted by molar-refractivity contribution is 0.147. The Labute approximate surface area is 118 Å². The molecule has 0 fully saturated rings. The van der Waals surface area contributed by atoms with E-state index < -0.39 is 0 Å². The number of nitrogens with two attached hydrogens (primary N) is 1. The molecule has 1 heterocycles. The number of rotatable bonds is 5. The van der Waals surface area contributed by atoms with Crippen molar-refractivity contribution in [3.8, 4) is 5.75 Å². The Hall–Kier alpha value is -1.01. The van der Waals surface area contributed by atoms with Crippen LogP contribution in [0.1, 0.15) is 5.82 Å². The van der Waals surface area contributed by atoms with Gasteiger partial charge in [-0.3, -0.25) is 0 Å². The molecular weight excluding hydrogens is 277 g/mol. The predicted molar refractivity (Wildman–Crippen MR) is 75.9 cm³/mol. The molecule has 0 aliphatic carbocycles. The minimum Gasteiger partial charge on any atom is -0.489 e. The molecule has 102 valence electrons. The molecular formula is C11H17Cl2N3O2. The van der Waals surface area contributed by atoms with Gasteiger partial charge in [0.05, 0.1) is 18.7 Å². The van der Waals surface area contributed by atoms with Gasteiger partial charge in [0.25, 0.3) is 0 Å². The molecule has 5 nitrogen and oxygen atoms in total. The summed E-state index contributed by atoms with van der Waals surface area (Å²) in [5.74, 6) is 1.52. The molecule has 0 atom stereocenters. The molecule has 0 saturated heterocycles. The average Bonchev–Trinajstić information content (AvgIpc) is 2.73. The zero-order chi connectivity index (χ0) is 11.4. The van der Waals surface area contributed by atoms with Crippen LogP contribution in [0.5, 0.6) is 5.75 Å². The van der Waals surface area contributed by atoms with E-state index in [1.807, 2.05) is 18.2 Å². The maximum absolute atomic E-state index is 5.57. The van der Waals surface area contributed by atoms with Gasteiger partial charge in [0.1, 0.15) is 23.7 Å². The van der Waals surface area contributed by atoms with Crippen molar-refractivity contribution in [3.63, 3.8) is 0 Å². The highest BCUT2D eigenvalue weighted by atomic mass is 35.5. The molecule has 0 radical (unpaired) electrons. The number of hydrogen-bond acceptors (Lipinski definition) is 4. The molecule has 2 aromatic rings. The van der Waals surface area contributed by atoms with Gasteiger partial charge in [0.2, 0.25) is 0 Å². The van der Waals surface area contributed by atoms with Gasteiger partial charge in [0, 0.05) is 7.11 Å². The van der Waals surface area contributed by atoms with Crippen LogP contribution in [0.4, 0.5) is 0 Å². The number of nitrogens with zero attached hydrogens (tertiary/aromatic N) is 1. The third kappa shape index (κ3) is 3.74. The van der Waals surface area contributed by atoms with E-state index in [-0.39, 0.29) is 24.8 Å². The van der Waals surface area contributed by atoms with Crippen molar-refractivity contribution in [1.82, 2.24) is 9.97 Å². The minimum absolute atomic E-state index is 0. The third-order valence-corrected chi connectivity index (χ3v) is 2.26. The Bertz CT molecular complexity index is 476. The van der Waals surface area contributed by atoms with Crippen molar-refractivity contribution in [2.24, 2.45) is 5.73 Å². The topological polar surface area (TPSA) is 73.2 Å². The van der Waals surface area contributed by atoms with Crippen molar-refractivity contribution < 1.29 is 9.47 Å². The van der Waals surface area contributed by atoms with Crippen molar-refractivity contribution >= 4 is 35.8 Å². The molecule has 1 aromatic heterocycles. The van der Waals surface area contributed by atoms with Gasteiger partial charge in [-0.2, -0.15) is 0 Å². The summed E-state index contributed by atoms with van der Waals surface area (Å²) >= 11 is 0. The maximum atomic E-state index is 5.57. The number of aromatic nitrogens is 2. The van der Waals surface area contributed by atoms with E-state index in [0.717, 1.165) is 22.6 Å². The molecule has 0 amide bonds. The van der Waals surface area contributed by atoms with Gasteiger partial charge in [0.15, 0.2) is 0 Å². The Morgan fingerprint density at radius 2 is 2.06 bits per heavy atom. The number of hydrogen-bond donors (Lipinski definition) is 2. The highest BCUT2D eigenvalue weighted by molar-refractivity contribution is 5.85. The zero-order valence-electron chi connectivity index (χ0n) is 10.0. The Balaban J connectivity index is 0.00000144. The van der Waals surface area contributed by atoms with Crippen molar-refractivity contribution in [3.05, 3.63) is 24.0 Å². The molecule has 0 aliphatic rings. The number of fused-ring (bicyclic) bond motifs is 1. The van der Waals surface area contributed by atoms with Gasteiger partial charge in [-0.25, -0.2) is 4.98 Å². The largest absolute Gasteiger partial charge is 0.489 e. The summed E-state index contributed by atoms with van der Waals surface area (Å²) in [5, 5.41) is 0. The summed E-state index contributed by atoms with van der Waals surface area (Å²) in [6.45, 7) is 1.47. The number of halogens is 2. The highest BCUT2D eigenvalue weighted by Crippen LogP contribution is 2.23. The van der Waals surface area contributed by atoms with Crippen LogP contribution in [0.2, 0.25) is 0 Å². The van der Waals surface area contributed by atoms with Crippen LogP contribution in [-0.2, 0) is 11.3 Å². The number of H-pyrrole nitrogens is 1. The number of methoxy groups -OCH3 is 1. The fourth-order valence-corrected chi connectivity index (χ4v) is 1.50. The van der Waals surface area contributed by atoms with Gasteiger partial charge in [-0.15, -0.1) is 24.8 Å². The quantitative estimate of drug-likeness (QED) is 0.826. The number of ether oxygens (including phenoxy) is 2. The van der Waals surface area contributed by atoms with E-state index in [1.54, 1.807) is 7.11 Å². The first-order valence-corrected chi connectivity index (χ1v) is 5.14. The monoisotopic (exact) mass is 293 g/mol. The van der Waals surface area contributed by atoms with E-state index in [1.165, 1.54) is 0 Å². The molecule has 0 spiro atoms. The Kier molecular flexibility index (Phi) is 7.70. The van der Waals surface area contributed by atoms with Gasteiger partial charge in [-0.1, -0.05) is 6.07 Å². The second-order valence-corrected chi connectivity index (χ2v) is 3.38. The van der Waals surface area contributed by atoms with Crippen LogP contribution >= 0.6 is 24.8 Å². The fraction of sp³-hybridized carbons (Fsp3) is 0.364. The van der Waals surface area contributed by atoms with E-state index >= 15 is 0 Å². The number of benzene rings is 1. The first-order valence-electron chi connectivity index (χ1n) is 5.14. The van der Waals surface area contributed by atoms with Crippen LogP contribution in [-0.4, -0.2) is 30.3 Å². The number of imidazole rings is 1. The number of para-hydroxylation sites is 1. The molecule has 0 unspecified atom stereocenters. The molecule has 2 rings (SSSR count). The van der Waals surface area contributed by atoms with E-state index in [2.05, 4.69) is 9.97 Å². The van der Waals surface area contributed by atoms with Gasteiger partial charge < -0.3 is 20.2 Å². The smallest absolute Gasteiger partial charge is 0.147 e. The summed E-state index contributed by atoms with van der Waals surface area (Å²) < 4.78 is 10.5. The first-order chi connectivity index (χ1) is 7.85. The van der Waals surface area contributed by atoms with Crippen molar-refractivity contribution in [2.45, 2.75) is 6.54 Å². The molecule has 0 bridgehead atoms. The van der Waals surface area contributed by atoms with Crippen LogP contribution in [0.3, 0.4) is 0 Å². The summed E-state index contributed by atoms with van der Waals surface area (Å²) in [7, 11) is 1.64.